The van der Waals surface area contributed by atoms with Crippen LogP contribution < -0.4 is 4.90 Å². The number of halogens is 1. The van der Waals surface area contributed by atoms with Gasteiger partial charge in [0.25, 0.3) is 0 Å². The monoisotopic (exact) mass is 226 g/mol. The molecule has 90 valence electrons. The number of rotatable bonds is 5. The van der Waals surface area contributed by atoms with Crippen molar-refractivity contribution in [3.05, 3.63) is 23.6 Å². The van der Waals surface area contributed by atoms with Crippen molar-refractivity contribution in [2.75, 3.05) is 18.5 Å². The van der Waals surface area contributed by atoms with Crippen molar-refractivity contribution >= 4 is 5.82 Å². The van der Waals surface area contributed by atoms with E-state index >= 15 is 0 Å². The minimum atomic E-state index is -0.412. The van der Waals surface area contributed by atoms with Crippen molar-refractivity contribution in [3.63, 3.8) is 0 Å². The van der Waals surface area contributed by atoms with Gasteiger partial charge < -0.3 is 10.0 Å². The first-order valence-electron chi connectivity index (χ1n) is 5.51. The van der Waals surface area contributed by atoms with Gasteiger partial charge in [-0.1, -0.05) is 13.8 Å². The third-order valence-electron chi connectivity index (χ3n) is 2.48. The number of aliphatic hydroxyl groups excluding tert-OH is 1. The van der Waals surface area contributed by atoms with E-state index in [4.69, 9.17) is 5.11 Å². The van der Waals surface area contributed by atoms with Gasteiger partial charge in [-0.2, -0.15) is 0 Å². The molecular weight excluding hydrogens is 207 g/mol. The van der Waals surface area contributed by atoms with Crippen LogP contribution >= 0.6 is 0 Å². The molecule has 3 nitrogen and oxygen atoms in total. The molecule has 16 heavy (non-hydrogen) atoms. The van der Waals surface area contributed by atoms with Gasteiger partial charge in [-0.15, -0.1) is 0 Å². The van der Waals surface area contributed by atoms with Gasteiger partial charge in [-0.25, -0.2) is 9.37 Å². The molecule has 0 fully saturated rings. The third-order valence-corrected chi connectivity index (χ3v) is 2.48. The molecule has 0 bridgehead atoms. The molecule has 1 heterocycles. The van der Waals surface area contributed by atoms with Crippen molar-refractivity contribution < 1.29 is 9.50 Å². The normalized spacial score (nSPS) is 10.9. The van der Waals surface area contributed by atoms with Crippen molar-refractivity contribution in [1.82, 2.24) is 4.98 Å². The highest BCUT2D eigenvalue weighted by Gasteiger charge is 2.10. The molecule has 0 unspecified atom stereocenters. The van der Waals surface area contributed by atoms with E-state index in [-0.39, 0.29) is 6.61 Å². The molecule has 0 aliphatic rings. The summed E-state index contributed by atoms with van der Waals surface area (Å²) in [4.78, 5) is 5.97. The molecule has 0 spiro atoms. The Kier molecular flexibility index (Phi) is 4.68. The second-order valence-electron chi connectivity index (χ2n) is 4.40. The quantitative estimate of drug-likeness (QED) is 0.836. The van der Waals surface area contributed by atoms with E-state index in [0.717, 1.165) is 13.0 Å². The summed E-state index contributed by atoms with van der Waals surface area (Å²) in [5.41, 5.74) is 0.534. The lowest BCUT2D eigenvalue weighted by atomic mass is 10.1. The lowest BCUT2D eigenvalue weighted by Gasteiger charge is -2.21. The number of nitrogens with zero attached hydrogens (tertiary/aromatic N) is 2. The Morgan fingerprint density at radius 3 is 2.75 bits per heavy atom. The zero-order valence-electron chi connectivity index (χ0n) is 10.1. The lowest BCUT2D eigenvalue weighted by molar-refractivity contribution is 0.281. The topological polar surface area (TPSA) is 36.4 Å². The number of pyridine rings is 1. The van der Waals surface area contributed by atoms with Crippen LogP contribution in [0.5, 0.6) is 0 Å². The summed E-state index contributed by atoms with van der Waals surface area (Å²) in [5, 5.41) is 9.14. The summed E-state index contributed by atoms with van der Waals surface area (Å²) >= 11 is 0. The maximum atomic E-state index is 12.9. The van der Waals surface area contributed by atoms with Crippen LogP contribution in [0.15, 0.2) is 12.3 Å². The summed E-state index contributed by atoms with van der Waals surface area (Å²) in [7, 11) is 1.90. The van der Waals surface area contributed by atoms with Crippen LogP contribution in [0.4, 0.5) is 10.2 Å². The van der Waals surface area contributed by atoms with E-state index < -0.39 is 5.82 Å². The van der Waals surface area contributed by atoms with E-state index in [0.29, 0.717) is 17.3 Å². The molecule has 1 N–H and O–H groups in total. The molecule has 1 aromatic heterocycles. The molecule has 0 amide bonds. The minimum Gasteiger partial charge on any atom is -0.392 e. The van der Waals surface area contributed by atoms with Crippen LogP contribution in [0, 0.1) is 11.7 Å². The predicted octanol–water partition coefficient (Wildman–Crippen LogP) is 2.20. The van der Waals surface area contributed by atoms with Crippen molar-refractivity contribution in [2.45, 2.75) is 26.9 Å². The smallest absolute Gasteiger partial charge is 0.142 e. The molecule has 0 atom stereocenters. The van der Waals surface area contributed by atoms with E-state index in [1.807, 2.05) is 11.9 Å². The molecule has 1 aromatic rings. The first-order chi connectivity index (χ1) is 7.54. The molecule has 0 aromatic carbocycles. The van der Waals surface area contributed by atoms with Crippen molar-refractivity contribution in [1.29, 1.82) is 0 Å². The van der Waals surface area contributed by atoms with Crippen LogP contribution in [0.25, 0.3) is 0 Å². The number of aromatic nitrogens is 1. The Morgan fingerprint density at radius 2 is 2.19 bits per heavy atom. The summed E-state index contributed by atoms with van der Waals surface area (Å²) in [6, 6.07) is 1.33. The molecule has 0 aliphatic heterocycles. The predicted molar refractivity (Wildman–Crippen MR) is 62.8 cm³/mol. The van der Waals surface area contributed by atoms with Gasteiger partial charge in [0.1, 0.15) is 11.6 Å². The number of hydrogen-bond donors (Lipinski definition) is 1. The Bertz CT molecular complexity index is 342. The second-order valence-corrected chi connectivity index (χ2v) is 4.40. The van der Waals surface area contributed by atoms with Gasteiger partial charge in [0.15, 0.2) is 0 Å². The van der Waals surface area contributed by atoms with Crippen LogP contribution in [0.2, 0.25) is 0 Å². The first kappa shape index (κ1) is 12.9. The fraction of sp³-hybridized carbons (Fsp3) is 0.583. The largest absolute Gasteiger partial charge is 0.392 e. The summed E-state index contributed by atoms with van der Waals surface area (Å²) < 4.78 is 12.9. The molecular formula is C12H19FN2O. The molecule has 0 aliphatic carbocycles. The molecule has 0 saturated heterocycles. The zero-order chi connectivity index (χ0) is 12.1. The molecule has 4 heteroatoms. The average molecular weight is 226 g/mol. The summed E-state index contributed by atoms with van der Waals surface area (Å²) in [6.45, 7) is 4.97. The Morgan fingerprint density at radius 1 is 1.50 bits per heavy atom. The van der Waals surface area contributed by atoms with Crippen molar-refractivity contribution in [2.24, 2.45) is 5.92 Å². The van der Waals surface area contributed by atoms with Crippen LogP contribution in [0.1, 0.15) is 25.8 Å². The van der Waals surface area contributed by atoms with Gasteiger partial charge in [-0.3, -0.25) is 0 Å². The third kappa shape index (κ3) is 3.45. The Balaban J connectivity index is 2.77. The second kappa shape index (κ2) is 5.80. The summed E-state index contributed by atoms with van der Waals surface area (Å²) in [5.74, 6) is 0.857. The highest BCUT2D eigenvalue weighted by atomic mass is 19.1. The lowest BCUT2D eigenvalue weighted by Crippen LogP contribution is -2.22. The fourth-order valence-electron chi connectivity index (χ4n) is 1.49. The Labute approximate surface area is 95.9 Å². The maximum Gasteiger partial charge on any atom is 0.142 e. The highest BCUT2D eigenvalue weighted by molar-refractivity contribution is 5.45. The zero-order valence-corrected chi connectivity index (χ0v) is 10.1. The number of aliphatic hydroxyl groups is 1. The molecule has 0 radical (unpaired) electrons. The van der Waals surface area contributed by atoms with Crippen molar-refractivity contribution in [3.8, 4) is 0 Å². The van der Waals surface area contributed by atoms with E-state index in [2.05, 4.69) is 18.8 Å². The molecule has 0 saturated carbocycles. The number of hydrogen-bond acceptors (Lipinski definition) is 3. The highest BCUT2D eigenvalue weighted by Crippen LogP contribution is 2.18. The van der Waals surface area contributed by atoms with Gasteiger partial charge in [0, 0.05) is 19.2 Å². The summed E-state index contributed by atoms with van der Waals surface area (Å²) in [6.07, 6.45) is 2.22. The van der Waals surface area contributed by atoms with E-state index in [1.54, 1.807) is 0 Å². The van der Waals surface area contributed by atoms with E-state index in [9.17, 15) is 4.39 Å². The van der Waals surface area contributed by atoms with Gasteiger partial charge in [-0.05, 0) is 18.4 Å². The minimum absolute atomic E-state index is 0.188. The van der Waals surface area contributed by atoms with Gasteiger partial charge >= 0.3 is 0 Å². The standard InChI is InChI=1S/C12H19FN2O/c1-9(2)4-5-15(3)12-10(8-16)6-11(13)7-14-12/h6-7,9,16H,4-5,8H2,1-3H3. The average Bonchev–Trinajstić information content (AvgIpc) is 2.25. The van der Waals surface area contributed by atoms with E-state index in [1.165, 1.54) is 12.3 Å². The Hall–Kier alpha value is -1.16. The SMILES string of the molecule is CC(C)CCN(C)c1ncc(F)cc1CO. The van der Waals surface area contributed by atoms with Crippen LogP contribution in [0.3, 0.4) is 0 Å². The van der Waals surface area contributed by atoms with Crippen LogP contribution in [-0.4, -0.2) is 23.7 Å². The van der Waals surface area contributed by atoms with Gasteiger partial charge in [0.2, 0.25) is 0 Å². The maximum absolute atomic E-state index is 12.9. The molecule has 1 rings (SSSR count). The van der Waals surface area contributed by atoms with Crippen LogP contribution in [-0.2, 0) is 6.61 Å². The fourth-order valence-corrected chi connectivity index (χ4v) is 1.49. The van der Waals surface area contributed by atoms with Gasteiger partial charge in [0.05, 0.1) is 12.8 Å². The number of anilines is 1. The first-order valence-corrected chi connectivity index (χ1v) is 5.51.